The standard InChI is InChI=1S/C17H24N2OS/c1-5-12(2)11-19-16(18-3)17(8-9-17)13-6-7-14(20-4)15(21)10-13/h6-7,10-12,21H,5,8-9H2,1-4H3. The molecule has 3 nitrogen and oxygen atoms in total. The highest BCUT2D eigenvalue weighted by Crippen LogP contribution is 2.50. The molecule has 0 saturated heterocycles. The van der Waals surface area contributed by atoms with Gasteiger partial charge in [0.05, 0.1) is 12.5 Å². The van der Waals surface area contributed by atoms with Crippen molar-refractivity contribution in [3.8, 4) is 5.75 Å². The highest BCUT2D eigenvalue weighted by atomic mass is 32.1. The molecule has 0 aromatic heterocycles. The molecule has 21 heavy (non-hydrogen) atoms. The molecule has 2 rings (SSSR count). The third-order valence-corrected chi connectivity index (χ3v) is 4.57. The second-order valence-electron chi connectivity index (χ2n) is 5.68. The molecule has 1 atom stereocenters. The van der Waals surface area contributed by atoms with E-state index in [-0.39, 0.29) is 5.41 Å². The summed E-state index contributed by atoms with van der Waals surface area (Å²) in [6.07, 6.45) is 5.30. The van der Waals surface area contributed by atoms with E-state index in [1.54, 1.807) is 7.11 Å². The summed E-state index contributed by atoms with van der Waals surface area (Å²) < 4.78 is 5.28. The predicted octanol–water partition coefficient (Wildman–Crippen LogP) is 4.16. The summed E-state index contributed by atoms with van der Waals surface area (Å²) in [6.45, 7) is 4.35. The van der Waals surface area contributed by atoms with Crippen LogP contribution in [0.4, 0.5) is 0 Å². The smallest absolute Gasteiger partial charge is 0.133 e. The fraction of sp³-hybridized carbons (Fsp3) is 0.529. The van der Waals surface area contributed by atoms with Gasteiger partial charge >= 0.3 is 0 Å². The number of hydrogen-bond acceptors (Lipinski definition) is 3. The van der Waals surface area contributed by atoms with Crippen molar-refractivity contribution < 1.29 is 4.74 Å². The molecule has 1 fully saturated rings. The zero-order chi connectivity index (χ0) is 15.5. The summed E-state index contributed by atoms with van der Waals surface area (Å²) in [5.74, 6) is 2.21. The lowest BCUT2D eigenvalue weighted by Gasteiger charge is -2.17. The Morgan fingerprint density at radius 3 is 2.67 bits per heavy atom. The van der Waals surface area contributed by atoms with Gasteiger partial charge in [-0.2, -0.15) is 0 Å². The van der Waals surface area contributed by atoms with Crippen molar-refractivity contribution in [3.63, 3.8) is 0 Å². The molecule has 0 heterocycles. The van der Waals surface area contributed by atoms with Gasteiger partial charge in [-0.25, -0.2) is 4.99 Å². The molecule has 1 aliphatic carbocycles. The monoisotopic (exact) mass is 304 g/mol. The van der Waals surface area contributed by atoms with Crippen LogP contribution in [0, 0.1) is 5.92 Å². The van der Waals surface area contributed by atoms with E-state index in [9.17, 15) is 0 Å². The highest BCUT2D eigenvalue weighted by Gasteiger charge is 2.49. The Morgan fingerprint density at radius 1 is 1.48 bits per heavy atom. The zero-order valence-electron chi connectivity index (χ0n) is 13.3. The summed E-state index contributed by atoms with van der Waals surface area (Å²) in [4.78, 5) is 9.97. The first kappa shape index (κ1) is 16.1. The van der Waals surface area contributed by atoms with Gasteiger partial charge in [0.1, 0.15) is 11.6 Å². The summed E-state index contributed by atoms with van der Waals surface area (Å²) in [6, 6.07) is 6.16. The molecule has 0 N–H and O–H groups in total. The predicted molar refractivity (Wildman–Crippen MR) is 92.5 cm³/mol. The molecule has 1 unspecified atom stereocenters. The van der Waals surface area contributed by atoms with Gasteiger partial charge in [0, 0.05) is 18.2 Å². The van der Waals surface area contributed by atoms with Crippen molar-refractivity contribution in [2.24, 2.45) is 15.9 Å². The van der Waals surface area contributed by atoms with Crippen LogP contribution in [0.25, 0.3) is 0 Å². The number of methoxy groups -OCH3 is 1. The van der Waals surface area contributed by atoms with Crippen LogP contribution in [0.5, 0.6) is 5.75 Å². The quantitative estimate of drug-likeness (QED) is 0.494. The average molecular weight is 304 g/mol. The SMILES string of the molecule is CCC(C)C=NC(=NC)C1(c2ccc(OC)c(S)c2)CC1. The normalized spacial score (nSPS) is 18.8. The van der Waals surface area contributed by atoms with Crippen LogP contribution in [0.3, 0.4) is 0 Å². The second kappa shape index (κ2) is 6.65. The van der Waals surface area contributed by atoms with Crippen LogP contribution in [0.1, 0.15) is 38.7 Å². The van der Waals surface area contributed by atoms with Crippen LogP contribution in [0.2, 0.25) is 0 Å². The molecule has 1 aromatic rings. The van der Waals surface area contributed by atoms with Crippen molar-refractivity contribution >= 4 is 24.7 Å². The van der Waals surface area contributed by atoms with E-state index in [1.807, 2.05) is 19.3 Å². The van der Waals surface area contributed by atoms with E-state index < -0.39 is 0 Å². The third-order valence-electron chi connectivity index (χ3n) is 4.22. The minimum absolute atomic E-state index is 0.0253. The molecule has 4 heteroatoms. The van der Waals surface area contributed by atoms with Crippen molar-refractivity contribution in [2.45, 2.75) is 43.4 Å². The maximum atomic E-state index is 5.28. The summed E-state index contributed by atoms with van der Waals surface area (Å²) in [5, 5.41) is 0. The van der Waals surface area contributed by atoms with Crippen LogP contribution in [0.15, 0.2) is 33.1 Å². The van der Waals surface area contributed by atoms with E-state index >= 15 is 0 Å². The molecule has 0 bridgehead atoms. The summed E-state index contributed by atoms with van der Waals surface area (Å²) >= 11 is 4.50. The van der Waals surface area contributed by atoms with Crippen molar-refractivity contribution in [1.29, 1.82) is 0 Å². The molecule has 0 amide bonds. The minimum atomic E-state index is -0.0253. The molecule has 1 saturated carbocycles. The Hall–Kier alpha value is -1.29. The Bertz CT molecular complexity index is 562. The van der Waals surface area contributed by atoms with Gasteiger partial charge in [-0.1, -0.05) is 19.9 Å². The van der Waals surface area contributed by atoms with Gasteiger partial charge in [0.2, 0.25) is 0 Å². The Labute approximate surface area is 132 Å². The van der Waals surface area contributed by atoms with Gasteiger partial charge in [-0.05, 0) is 42.9 Å². The fourth-order valence-corrected chi connectivity index (χ4v) is 2.76. The Morgan fingerprint density at radius 2 is 2.19 bits per heavy atom. The van der Waals surface area contributed by atoms with Gasteiger partial charge in [-0.15, -0.1) is 12.6 Å². The van der Waals surface area contributed by atoms with Gasteiger partial charge in [0.15, 0.2) is 0 Å². The molecule has 0 radical (unpaired) electrons. The topological polar surface area (TPSA) is 34.0 Å². The van der Waals surface area contributed by atoms with E-state index in [1.165, 1.54) is 5.56 Å². The minimum Gasteiger partial charge on any atom is -0.496 e. The second-order valence-corrected chi connectivity index (χ2v) is 6.16. The number of amidine groups is 1. The number of rotatable bonds is 5. The lowest BCUT2D eigenvalue weighted by Crippen LogP contribution is -2.19. The number of benzene rings is 1. The van der Waals surface area contributed by atoms with E-state index in [0.717, 1.165) is 35.7 Å². The molecular weight excluding hydrogens is 280 g/mol. The third kappa shape index (κ3) is 3.31. The number of aliphatic imine (C=N–C) groups is 2. The number of ether oxygens (including phenoxy) is 1. The Kier molecular flexibility index (Phi) is 5.09. The number of hydrogen-bond donors (Lipinski definition) is 1. The first-order chi connectivity index (χ1) is 10.1. The van der Waals surface area contributed by atoms with Crippen LogP contribution in [-0.2, 0) is 5.41 Å². The van der Waals surface area contributed by atoms with Gasteiger partial charge < -0.3 is 4.74 Å². The Balaban J connectivity index is 2.29. The lowest BCUT2D eigenvalue weighted by atomic mass is 9.94. The number of nitrogens with zero attached hydrogens (tertiary/aromatic N) is 2. The lowest BCUT2D eigenvalue weighted by molar-refractivity contribution is 0.404. The summed E-state index contributed by atoms with van der Waals surface area (Å²) in [5.41, 5.74) is 1.21. The van der Waals surface area contributed by atoms with Gasteiger partial charge in [0.25, 0.3) is 0 Å². The van der Waals surface area contributed by atoms with E-state index in [2.05, 4.69) is 48.6 Å². The van der Waals surface area contributed by atoms with Crippen LogP contribution < -0.4 is 4.74 Å². The maximum Gasteiger partial charge on any atom is 0.133 e. The van der Waals surface area contributed by atoms with Crippen molar-refractivity contribution in [1.82, 2.24) is 0 Å². The molecule has 1 aromatic carbocycles. The van der Waals surface area contributed by atoms with Gasteiger partial charge in [-0.3, -0.25) is 4.99 Å². The van der Waals surface area contributed by atoms with Crippen LogP contribution in [-0.4, -0.2) is 26.2 Å². The van der Waals surface area contributed by atoms with E-state index in [0.29, 0.717) is 5.92 Å². The molecule has 114 valence electrons. The van der Waals surface area contributed by atoms with Crippen LogP contribution >= 0.6 is 12.6 Å². The molecule has 0 aliphatic heterocycles. The zero-order valence-corrected chi connectivity index (χ0v) is 14.2. The van der Waals surface area contributed by atoms with E-state index in [4.69, 9.17) is 4.74 Å². The fourth-order valence-electron chi connectivity index (χ4n) is 2.45. The average Bonchev–Trinajstić information content (AvgIpc) is 3.29. The first-order valence-corrected chi connectivity index (χ1v) is 7.91. The summed E-state index contributed by atoms with van der Waals surface area (Å²) in [7, 11) is 3.49. The van der Waals surface area contributed by atoms with Crippen molar-refractivity contribution in [3.05, 3.63) is 23.8 Å². The maximum absolute atomic E-state index is 5.28. The molecule has 0 spiro atoms. The highest BCUT2D eigenvalue weighted by molar-refractivity contribution is 7.80. The first-order valence-electron chi connectivity index (χ1n) is 7.46. The molecule has 1 aliphatic rings. The largest absolute Gasteiger partial charge is 0.496 e. The van der Waals surface area contributed by atoms with Crippen molar-refractivity contribution in [2.75, 3.05) is 14.2 Å². The number of thiol groups is 1. The molecular formula is C17H24N2OS.